The Morgan fingerprint density at radius 3 is 1.75 bits per heavy atom. The molecule has 1 N–H and O–H groups in total. The number of halogens is 1. The van der Waals surface area contributed by atoms with Crippen molar-refractivity contribution in [2.24, 2.45) is 0 Å². The van der Waals surface area contributed by atoms with Crippen LogP contribution >= 0.6 is 10.0 Å². The largest absolute Gasteiger partial charge is 0.568 e. The normalized spacial score (nSPS) is 3.50. The van der Waals surface area contributed by atoms with Gasteiger partial charge in [0.1, 0.15) is 0 Å². The zero-order valence-corrected chi connectivity index (χ0v) is 3.31. The molecule has 4 heavy (non-hydrogen) atoms. The molecule has 0 saturated carbocycles. The Kier molecular flexibility index (Phi) is 19.9. The smallest absolute Gasteiger partial charge is 0.510 e. The second-order valence-electron chi connectivity index (χ2n) is 0.0976. The van der Waals surface area contributed by atoms with E-state index in [1.807, 2.05) is 0 Å². The molecule has 0 aliphatic heterocycles. The highest BCUT2D eigenvalue weighted by molar-refractivity contribution is 6.89. The molecule has 0 aromatic rings. The van der Waals surface area contributed by atoms with Crippen LogP contribution in [0.3, 0.4) is 0 Å². The van der Waals surface area contributed by atoms with Gasteiger partial charge in [-0.05, 0) is 0 Å². The Hall–Kier alpha value is 1.31. The molecular weight excluding hydrogens is 105 g/mol. The zero-order valence-electron chi connectivity index (χ0n) is 1.40. The highest BCUT2D eigenvalue weighted by Gasteiger charge is 1.59. The molecule has 0 aliphatic carbocycles. The predicted molar refractivity (Wildman–Crippen MR) is 23.8 cm³/mol. The van der Waals surface area contributed by atoms with Crippen molar-refractivity contribution in [1.82, 2.24) is 0 Å². The van der Waals surface area contributed by atoms with Crippen LogP contribution in [0.5, 0.6) is 0 Å². The molecule has 1 radical (unpaired) electrons. The highest BCUT2D eigenvalue weighted by Crippen LogP contribution is 1.47. The highest BCUT2D eigenvalue weighted by atomic mass is 35.6. The van der Waals surface area contributed by atoms with Crippen molar-refractivity contribution < 1.29 is 4.16 Å². The minimum absolute atomic E-state index is 0. The first-order chi connectivity index (χ1) is 1.41. The molecule has 0 fully saturated rings. The third-order valence-electron chi connectivity index (χ3n) is 0. The molecule has 0 spiro atoms. The summed E-state index contributed by atoms with van der Waals surface area (Å²) in [6, 6.07) is 0. The van der Waals surface area contributed by atoms with Crippen LogP contribution in [0.25, 0.3) is 0 Å². The Morgan fingerprint density at radius 2 is 1.75 bits per heavy atom. The molecule has 0 unspecified atom stereocenters. The van der Waals surface area contributed by atoms with Crippen molar-refractivity contribution in [3.05, 3.63) is 0 Å². The van der Waals surface area contributed by atoms with Crippen LogP contribution in [-0.4, -0.2) is 36.2 Å². The quantitative estimate of drug-likeness (QED) is 0.378. The number of rotatable bonds is 0. The maximum atomic E-state index is 7.42. The van der Waals surface area contributed by atoms with Gasteiger partial charge in [0.2, 0.25) is 0 Å². The van der Waals surface area contributed by atoms with Crippen molar-refractivity contribution in [2.75, 3.05) is 0 Å². The second-order valence-corrected chi connectivity index (χ2v) is 0.878. The summed E-state index contributed by atoms with van der Waals surface area (Å²) in [6.07, 6.45) is 0. The summed E-state index contributed by atoms with van der Waals surface area (Å²) in [5.41, 5.74) is 0. The third kappa shape index (κ3) is 10.3. The summed E-state index contributed by atoms with van der Waals surface area (Å²) in [5, 5.41) is 0. The molecule has 0 aromatic carbocycles. The van der Waals surface area contributed by atoms with Crippen molar-refractivity contribution in [3.63, 3.8) is 0 Å². The van der Waals surface area contributed by atoms with Gasteiger partial charge in [-0.3, -0.25) is 0 Å². The lowest BCUT2D eigenvalue weighted by molar-refractivity contribution is 0.622. The first kappa shape index (κ1) is 9.01. The Balaban J connectivity index is 0. The molecule has 0 aromatic heterocycles. The first-order valence-corrected chi connectivity index (χ1v) is 2.74. The van der Waals surface area contributed by atoms with E-state index in [2.05, 4.69) is 10.0 Å². The maximum absolute atomic E-state index is 7.42. The Bertz CT molecular complexity index is 6.00. The van der Waals surface area contributed by atoms with Gasteiger partial charge in [-0.1, -0.05) is 0 Å². The van der Waals surface area contributed by atoms with Crippen LogP contribution < -0.4 is 0 Å². The van der Waals surface area contributed by atoms with E-state index < -0.39 is 14.6 Å². The first-order valence-electron chi connectivity index (χ1n) is 0.476. The van der Waals surface area contributed by atoms with Crippen molar-refractivity contribution >= 4 is 42.0 Å². The fourth-order valence-corrected chi connectivity index (χ4v) is 0. The van der Waals surface area contributed by atoms with Gasteiger partial charge in [0, 0.05) is 0 Å². The van der Waals surface area contributed by atoms with E-state index in [9.17, 15) is 0 Å². The van der Waals surface area contributed by atoms with Crippen LogP contribution in [0.1, 0.15) is 0 Å². The topological polar surface area (TPSA) is 20.2 Å². The summed E-state index contributed by atoms with van der Waals surface area (Å²) in [7, 11) is 4.64. The van der Waals surface area contributed by atoms with Crippen molar-refractivity contribution in [2.45, 2.75) is 0 Å². The van der Waals surface area contributed by atoms with Gasteiger partial charge < -0.3 is 4.16 Å². The van der Waals surface area contributed by atoms with Crippen LogP contribution in [0.2, 0.25) is 0 Å². The molecule has 0 amide bonds. The molecule has 0 aliphatic rings. The molecule has 23 valence electrons. The van der Waals surface area contributed by atoms with E-state index in [0.29, 0.717) is 0 Å². The summed E-state index contributed by atoms with van der Waals surface area (Å²) in [6.45, 7) is 0. The number of hydrogen-bond donors (Lipinski definition) is 1. The van der Waals surface area contributed by atoms with Gasteiger partial charge in [-0.25, -0.2) is 10.0 Å². The van der Waals surface area contributed by atoms with E-state index in [4.69, 9.17) is 4.16 Å². The molecule has 0 heterocycles. The fourth-order valence-electron chi connectivity index (χ4n) is 0. The van der Waals surface area contributed by atoms with Crippen molar-refractivity contribution in [1.29, 1.82) is 0 Å². The molecule has 0 rings (SSSR count). The maximum Gasteiger partial charge on any atom is 0.568 e. The fraction of sp³-hybridized carbons (Fsp3) is 0. The van der Waals surface area contributed by atoms with E-state index in [1.165, 1.54) is 0 Å². The monoisotopic (exact) mass is 109 g/mol. The van der Waals surface area contributed by atoms with Crippen LogP contribution in [-0.2, 0) is 0 Å². The van der Waals surface area contributed by atoms with Gasteiger partial charge in [-0.15, -0.1) is 0 Å². The molecule has 0 bridgehead atoms. The standard InChI is InChI=1S/2Al.ClH.H2O.3H/h;;1H;1H2;;;/q;+2;;;;;/p-2. The lowest BCUT2D eigenvalue weighted by Gasteiger charge is -1.40. The average Bonchev–Trinajstić information content (AvgIpc) is 0.918. The second kappa shape index (κ2) is 8.85. The Labute approximate surface area is 46.3 Å². The van der Waals surface area contributed by atoms with Gasteiger partial charge in [0.05, 0.1) is 0 Å². The number of hydrogen-bond acceptors (Lipinski definition) is 1. The average molecular weight is 109 g/mol. The molecule has 4 heteroatoms. The van der Waals surface area contributed by atoms with Gasteiger partial charge in [0.25, 0.3) is 0 Å². The summed E-state index contributed by atoms with van der Waals surface area (Å²) in [5.74, 6) is 0. The van der Waals surface area contributed by atoms with E-state index in [0.717, 1.165) is 0 Å². The SMILES string of the molecule is [AlH3].[OH][Al][Cl]. The predicted octanol–water partition coefficient (Wildman–Crippen LogP) is -1.43. The minimum atomic E-state index is -0.778. The zero-order chi connectivity index (χ0) is 2.71. The minimum Gasteiger partial charge on any atom is -0.510 e. The van der Waals surface area contributed by atoms with Crippen LogP contribution in [0, 0.1) is 0 Å². The summed E-state index contributed by atoms with van der Waals surface area (Å²) >= 11 is -0.778. The van der Waals surface area contributed by atoms with Crippen LogP contribution in [0.4, 0.5) is 0 Å². The van der Waals surface area contributed by atoms with Gasteiger partial charge in [-0.2, -0.15) is 0 Å². The van der Waals surface area contributed by atoms with E-state index >= 15 is 0 Å². The third-order valence-corrected chi connectivity index (χ3v) is 0. The van der Waals surface area contributed by atoms with Gasteiger partial charge in [0.15, 0.2) is 17.4 Å². The van der Waals surface area contributed by atoms with Crippen LogP contribution in [0.15, 0.2) is 0 Å². The van der Waals surface area contributed by atoms with Crippen molar-refractivity contribution in [3.8, 4) is 0 Å². The Morgan fingerprint density at radius 1 is 1.75 bits per heavy atom. The lowest BCUT2D eigenvalue weighted by Crippen LogP contribution is -1.59. The molecular formula is H4Al2ClO. The lowest BCUT2D eigenvalue weighted by atomic mass is 15.9. The summed E-state index contributed by atoms with van der Waals surface area (Å²) in [4.78, 5) is 0. The van der Waals surface area contributed by atoms with Gasteiger partial charge >= 0.3 is 14.6 Å². The molecule has 0 saturated heterocycles. The van der Waals surface area contributed by atoms with E-state index in [-0.39, 0.29) is 17.4 Å². The molecule has 1 nitrogen and oxygen atoms in total. The molecule has 0 atom stereocenters. The van der Waals surface area contributed by atoms with E-state index in [1.54, 1.807) is 0 Å². The summed E-state index contributed by atoms with van der Waals surface area (Å²) < 4.78 is 7.42.